The molecule has 5 N–H and O–H groups in total. The Labute approximate surface area is 196 Å². The third-order valence-corrected chi connectivity index (χ3v) is 5.81. The maximum atomic E-state index is 12.8. The van der Waals surface area contributed by atoms with Gasteiger partial charge >= 0.3 is 6.09 Å². The van der Waals surface area contributed by atoms with Gasteiger partial charge in [-0.25, -0.2) is 13.2 Å². The molecule has 184 valence electrons. The van der Waals surface area contributed by atoms with Crippen molar-refractivity contribution in [2.45, 2.75) is 25.3 Å². The fourth-order valence-corrected chi connectivity index (χ4v) is 3.92. The van der Waals surface area contributed by atoms with Crippen LogP contribution in [0.25, 0.3) is 0 Å². The largest absolute Gasteiger partial charge is 0.451 e. The quantitative estimate of drug-likeness (QED) is 0.166. The first kappa shape index (κ1) is 26.3. The van der Waals surface area contributed by atoms with Crippen molar-refractivity contribution in [3.8, 4) is 0 Å². The second-order valence-electron chi connectivity index (χ2n) is 7.03. The van der Waals surface area contributed by atoms with Crippen molar-refractivity contribution in [2.75, 3.05) is 25.0 Å². The number of aromatic nitrogens is 1. The van der Waals surface area contributed by atoms with Crippen LogP contribution in [0.3, 0.4) is 0 Å². The van der Waals surface area contributed by atoms with Crippen LogP contribution in [-0.2, 0) is 30.9 Å². The van der Waals surface area contributed by atoms with Crippen LogP contribution < -0.4 is 21.3 Å². The number of ether oxygens (including phenoxy) is 1. The van der Waals surface area contributed by atoms with Gasteiger partial charge in [-0.15, -0.1) is 5.06 Å². The summed E-state index contributed by atoms with van der Waals surface area (Å²) in [4.78, 5) is 41.5. The SMILES string of the molecule is COC(=O)N(OCCNC(=O)Cn1c(C)ccc(NS(=O)(=O)c2cccc(C)c2)c1=O)C(=N)N. The first-order valence-corrected chi connectivity index (χ1v) is 11.4. The lowest BCUT2D eigenvalue weighted by molar-refractivity contribution is -0.123. The molecular formula is C20H26N6O7S. The van der Waals surface area contributed by atoms with E-state index in [0.717, 1.165) is 17.2 Å². The highest BCUT2D eigenvalue weighted by molar-refractivity contribution is 7.92. The molecule has 0 saturated heterocycles. The van der Waals surface area contributed by atoms with E-state index < -0.39 is 40.1 Å². The molecule has 2 aromatic rings. The highest BCUT2D eigenvalue weighted by Gasteiger charge is 2.19. The van der Waals surface area contributed by atoms with Crippen molar-refractivity contribution in [3.05, 3.63) is 58.0 Å². The minimum Gasteiger partial charge on any atom is -0.451 e. The lowest BCUT2D eigenvalue weighted by Gasteiger charge is -2.18. The molecule has 2 rings (SSSR count). The van der Waals surface area contributed by atoms with Gasteiger partial charge in [-0.1, -0.05) is 12.1 Å². The van der Waals surface area contributed by atoms with E-state index in [2.05, 4.69) is 14.8 Å². The standard InChI is InChI=1S/C20H26N6O7S/c1-13-5-4-6-15(11-13)34(30,31)24-16-8-7-14(2)25(18(16)28)12-17(27)23-9-10-33-26(19(21)22)20(29)32-3/h4-8,11,24H,9-10,12H2,1-3H3,(H3,21,22)(H,23,27). The number of hydroxylamine groups is 2. The van der Waals surface area contributed by atoms with Gasteiger partial charge in [0.05, 0.1) is 18.6 Å². The Balaban J connectivity index is 2.06. The predicted octanol–water partition coefficient (Wildman–Crippen LogP) is 0.276. The first-order chi connectivity index (χ1) is 16.0. The molecule has 0 bridgehead atoms. The van der Waals surface area contributed by atoms with Crippen molar-refractivity contribution in [1.29, 1.82) is 5.41 Å². The summed E-state index contributed by atoms with van der Waals surface area (Å²) in [7, 11) is -2.93. The van der Waals surface area contributed by atoms with E-state index in [1.165, 1.54) is 24.3 Å². The first-order valence-electron chi connectivity index (χ1n) is 9.88. The Kier molecular flexibility index (Phi) is 8.75. The van der Waals surface area contributed by atoms with Crippen molar-refractivity contribution in [1.82, 2.24) is 14.9 Å². The Morgan fingerprint density at radius 2 is 1.91 bits per heavy atom. The van der Waals surface area contributed by atoms with Crippen molar-refractivity contribution < 1.29 is 27.6 Å². The molecule has 0 unspecified atom stereocenters. The van der Waals surface area contributed by atoms with Crippen LogP contribution in [0.15, 0.2) is 46.1 Å². The molecule has 0 atom stereocenters. The predicted molar refractivity (Wildman–Crippen MR) is 123 cm³/mol. The molecule has 1 aromatic heterocycles. The number of carbonyl (C=O) groups is 2. The fraction of sp³-hybridized carbons (Fsp3) is 0.300. The van der Waals surface area contributed by atoms with Crippen LogP contribution in [0.4, 0.5) is 10.5 Å². The van der Waals surface area contributed by atoms with Gasteiger partial charge in [0.2, 0.25) is 11.9 Å². The monoisotopic (exact) mass is 494 g/mol. The maximum absolute atomic E-state index is 12.8. The molecule has 0 fully saturated rings. The molecular weight excluding hydrogens is 468 g/mol. The molecule has 1 heterocycles. The van der Waals surface area contributed by atoms with E-state index in [0.29, 0.717) is 10.8 Å². The second-order valence-corrected chi connectivity index (χ2v) is 8.72. The molecule has 0 aliphatic rings. The zero-order valence-corrected chi connectivity index (χ0v) is 19.6. The Morgan fingerprint density at radius 3 is 2.53 bits per heavy atom. The molecule has 0 radical (unpaired) electrons. The van der Waals surface area contributed by atoms with Gasteiger partial charge in [-0.05, 0) is 43.7 Å². The third kappa shape index (κ3) is 6.79. The molecule has 0 spiro atoms. The van der Waals surface area contributed by atoms with Gasteiger partial charge < -0.3 is 20.4 Å². The average Bonchev–Trinajstić information content (AvgIpc) is 2.77. The summed E-state index contributed by atoms with van der Waals surface area (Å²) in [5.74, 6) is -1.27. The zero-order chi connectivity index (χ0) is 25.5. The number of amides is 2. The number of nitrogens with two attached hydrogens (primary N) is 1. The van der Waals surface area contributed by atoms with Gasteiger partial charge in [-0.2, -0.15) is 0 Å². The van der Waals surface area contributed by atoms with Crippen LogP contribution in [0, 0.1) is 19.3 Å². The molecule has 1 aromatic carbocycles. The molecule has 2 amide bonds. The van der Waals surface area contributed by atoms with Gasteiger partial charge in [0.25, 0.3) is 15.6 Å². The smallest absolute Gasteiger partial charge is 0.441 e. The number of rotatable bonds is 9. The van der Waals surface area contributed by atoms with E-state index in [4.69, 9.17) is 16.0 Å². The molecule has 0 aliphatic carbocycles. The van der Waals surface area contributed by atoms with Crippen LogP contribution in [0.5, 0.6) is 0 Å². The van der Waals surface area contributed by atoms with Gasteiger partial charge in [0, 0.05) is 12.2 Å². The molecule has 14 heteroatoms. The Morgan fingerprint density at radius 1 is 1.21 bits per heavy atom. The zero-order valence-electron chi connectivity index (χ0n) is 18.8. The van der Waals surface area contributed by atoms with Crippen LogP contribution in [0.2, 0.25) is 0 Å². The summed E-state index contributed by atoms with van der Waals surface area (Å²) in [5.41, 5.74) is 5.47. The Hall–Kier alpha value is -3.91. The minimum atomic E-state index is -4.01. The number of methoxy groups -OCH3 is 1. The molecule has 0 aliphatic heterocycles. The summed E-state index contributed by atoms with van der Waals surface area (Å²) < 4.78 is 33.1. The normalized spacial score (nSPS) is 10.9. The number of sulfonamides is 1. The topological polar surface area (TPSA) is 186 Å². The molecule has 34 heavy (non-hydrogen) atoms. The van der Waals surface area contributed by atoms with Gasteiger partial charge in [-0.3, -0.25) is 24.6 Å². The van der Waals surface area contributed by atoms with E-state index in [1.54, 1.807) is 26.0 Å². The minimum absolute atomic E-state index is 0.00308. The fourth-order valence-electron chi connectivity index (χ4n) is 2.76. The van der Waals surface area contributed by atoms with E-state index in [9.17, 15) is 22.8 Å². The van der Waals surface area contributed by atoms with Gasteiger partial charge in [0.15, 0.2) is 0 Å². The molecule has 13 nitrogen and oxygen atoms in total. The van der Waals surface area contributed by atoms with Crippen LogP contribution >= 0.6 is 0 Å². The van der Waals surface area contributed by atoms with Crippen LogP contribution in [0.1, 0.15) is 11.3 Å². The number of anilines is 1. The number of nitrogens with one attached hydrogen (secondary N) is 3. The maximum Gasteiger partial charge on any atom is 0.441 e. The van der Waals surface area contributed by atoms with Crippen molar-refractivity contribution in [3.63, 3.8) is 0 Å². The number of carbonyl (C=O) groups excluding carboxylic acids is 2. The highest BCUT2D eigenvalue weighted by Crippen LogP contribution is 2.15. The van der Waals surface area contributed by atoms with Gasteiger partial charge in [0.1, 0.15) is 12.2 Å². The molecule has 0 saturated carbocycles. The number of aryl methyl sites for hydroxylation is 2. The van der Waals surface area contributed by atoms with Crippen molar-refractivity contribution in [2.24, 2.45) is 5.73 Å². The lowest BCUT2D eigenvalue weighted by Crippen LogP contribution is -2.43. The van der Waals surface area contributed by atoms with E-state index in [1.807, 2.05) is 0 Å². The summed E-state index contributed by atoms with van der Waals surface area (Å²) >= 11 is 0. The average molecular weight is 495 g/mol. The summed E-state index contributed by atoms with van der Waals surface area (Å²) in [5, 5.41) is 10.1. The summed E-state index contributed by atoms with van der Waals surface area (Å²) in [6, 6.07) is 9.05. The number of hydrogen-bond donors (Lipinski definition) is 4. The van der Waals surface area contributed by atoms with Crippen LogP contribution in [-0.4, -0.2) is 56.3 Å². The second kappa shape index (κ2) is 11.3. The van der Waals surface area contributed by atoms with E-state index in [-0.39, 0.29) is 23.7 Å². The number of pyridine rings is 1. The number of guanidine groups is 1. The number of hydrogen-bond acceptors (Lipinski definition) is 8. The highest BCUT2D eigenvalue weighted by atomic mass is 32.2. The number of benzene rings is 1. The Bertz CT molecular complexity index is 1240. The number of nitrogens with zero attached hydrogens (tertiary/aromatic N) is 2. The summed E-state index contributed by atoms with van der Waals surface area (Å²) in [6.45, 7) is 2.65. The summed E-state index contributed by atoms with van der Waals surface area (Å²) in [6.07, 6.45) is -1.01. The lowest BCUT2D eigenvalue weighted by atomic mass is 10.2. The van der Waals surface area contributed by atoms with Crippen molar-refractivity contribution >= 4 is 33.7 Å². The third-order valence-electron chi connectivity index (χ3n) is 4.44. The van der Waals surface area contributed by atoms with E-state index >= 15 is 0 Å².